The van der Waals surface area contributed by atoms with Gasteiger partial charge in [-0.2, -0.15) is 35.1 Å². The molecule has 542 valence electrons. The first-order valence-corrected chi connectivity index (χ1v) is 34.1. The third-order valence-electron chi connectivity index (χ3n) is 13.0. The van der Waals surface area contributed by atoms with Gasteiger partial charge in [-0.3, -0.25) is 9.59 Å². The molecule has 0 heterocycles. The van der Waals surface area contributed by atoms with Crippen molar-refractivity contribution in [2.24, 2.45) is 0 Å². The molecular weight excluding hydrogens is 1600 g/mol. The van der Waals surface area contributed by atoms with Crippen LogP contribution in [0.4, 0.5) is 70.2 Å². The number of thioether (sulfide) groups is 4. The molecule has 37 heteroatoms. The number of ether oxygens (including phenoxy) is 3. The summed E-state index contributed by atoms with van der Waals surface area (Å²) in [4.78, 5) is 19.3. The number of carbonyl (C=O) groups is 2. The zero-order chi connectivity index (χ0) is 76.2. The van der Waals surface area contributed by atoms with E-state index in [-0.39, 0.29) is 149 Å². The second kappa shape index (κ2) is 38.3. The molecule has 0 radical (unpaired) electrons. The van der Waals surface area contributed by atoms with Crippen LogP contribution < -0.4 is 117 Å². The van der Waals surface area contributed by atoms with E-state index in [0.29, 0.717) is 64.7 Å². The van der Waals surface area contributed by atoms with Crippen LogP contribution in [0.25, 0.3) is 0 Å². The summed E-state index contributed by atoms with van der Waals surface area (Å²) in [6.45, 7) is 1.89. The molecule has 0 saturated carbocycles. The summed E-state index contributed by atoms with van der Waals surface area (Å²) in [6.07, 6.45) is 0. The van der Waals surface area contributed by atoms with Gasteiger partial charge in [0.25, 0.3) is 0 Å². The van der Waals surface area contributed by atoms with E-state index < -0.39 is 181 Å². The van der Waals surface area contributed by atoms with Crippen LogP contribution in [-0.4, -0.2) is 75.8 Å². The van der Waals surface area contributed by atoms with Crippen molar-refractivity contribution in [3.8, 4) is 40.2 Å². The molecule has 10 aromatic carbocycles. The molecule has 0 aliphatic heterocycles. The number of rotatable bonds is 21. The second-order valence-corrected chi connectivity index (χ2v) is 27.8. The minimum absolute atomic E-state index is 0. The van der Waals surface area contributed by atoms with Gasteiger partial charge in [-0.15, -0.1) is 0 Å². The van der Waals surface area contributed by atoms with Crippen molar-refractivity contribution < 1.29 is 233 Å². The average molecular weight is 1640 g/mol. The fourth-order valence-corrected chi connectivity index (χ4v) is 12.4. The van der Waals surface area contributed by atoms with Gasteiger partial charge in [0.2, 0.25) is 0 Å². The van der Waals surface area contributed by atoms with Gasteiger partial charge in [-0.05, 0) is 200 Å². The van der Waals surface area contributed by atoms with Gasteiger partial charge >= 0.3 is 124 Å². The predicted octanol–water partition coefficient (Wildman–Crippen LogP) is 13.6. The second-order valence-electron chi connectivity index (χ2n) is 20.4. The van der Waals surface area contributed by atoms with Gasteiger partial charge in [0.1, 0.15) is 112 Å². The van der Waals surface area contributed by atoms with Gasteiger partial charge < -0.3 is 33.5 Å². The Bertz CT molecular complexity index is 4840. The molecule has 13 nitrogen and oxygen atoms in total. The quantitative estimate of drug-likeness (QED) is 0.0171. The molecule has 0 fully saturated rings. The molecule has 0 saturated heterocycles. The van der Waals surface area contributed by atoms with Gasteiger partial charge in [-0.1, -0.05) is 29.8 Å². The Hall–Kier alpha value is -6.09. The van der Waals surface area contributed by atoms with Crippen molar-refractivity contribution in [2.75, 3.05) is 7.11 Å². The Morgan fingerprint density at radius 3 is 1.05 bits per heavy atom. The molecule has 105 heavy (non-hydrogen) atoms. The van der Waals surface area contributed by atoms with Crippen molar-refractivity contribution in [1.82, 2.24) is 0 Å². The van der Waals surface area contributed by atoms with Crippen LogP contribution in [0, 0.1) is 53.5 Å². The monoisotopic (exact) mass is 1640 g/mol. The number of ketones is 2. The van der Waals surface area contributed by atoms with E-state index in [9.17, 15) is 106 Å². The van der Waals surface area contributed by atoms with Crippen LogP contribution in [0.2, 0.25) is 0 Å². The summed E-state index contributed by atoms with van der Waals surface area (Å²) in [5.74, 6) is -11.0. The van der Waals surface area contributed by atoms with Crippen LogP contribution in [0.15, 0.2) is 236 Å². The van der Waals surface area contributed by atoms with Crippen LogP contribution in [0.1, 0.15) is 37.4 Å². The maximum absolute atomic E-state index is 14.9. The molecular formula is C68H42F16K2O13S6. The van der Waals surface area contributed by atoms with E-state index in [2.05, 4.69) is 0 Å². The minimum Gasteiger partial charge on any atom is -0.744 e. The average Bonchev–Trinajstić information content (AvgIpc) is 0.798. The maximum atomic E-state index is 14.9. The smallest absolute Gasteiger partial charge is 0.744 e. The molecule has 0 spiro atoms. The van der Waals surface area contributed by atoms with Gasteiger partial charge in [0.05, 0.1) is 12.0 Å². The zero-order valence-electron chi connectivity index (χ0n) is 53.5. The number of hydrogen-bond acceptors (Lipinski definition) is 17. The first-order valence-electron chi connectivity index (χ1n) is 28.1. The molecule has 0 bridgehead atoms. The Kier molecular flexibility index (Phi) is 32.7. The Morgan fingerprint density at radius 1 is 0.371 bits per heavy atom. The van der Waals surface area contributed by atoms with E-state index in [1.165, 1.54) is 86.0 Å². The molecule has 0 atom stereocenters. The topological polar surface area (TPSA) is 217 Å². The summed E-state index contributed by atoms with van der Waals surface area (Å²) in [5.41, 5.74) is 2.58. The third-order valence-corrected chi connectivity index (χ3v) is 19.2. The van der Waals surface area contributed by atoms with Crippen LogP contribution in [0.3, 0.4) is 0 Å². The number of phenolic OH excluding ortho intramolecular Hbond substituents is 2. The van der Waals surface area contributed by atoms with E-state index in [4.69, 9.17) is 24.4 Å². The molecule has 10 aromatic rings. The number of carbonyl (C=O) groups excluding carboxylic acids is 2. The van der Waals surface area contributed by atoms with Crippen molar-refractivity contribution in [2.45, 2.75) is 57.3 Å². The number of phenols is 2. The van der Waals surface area contributed by atoms with Crippen molar-refractivity contribution in [3.05, 3.63) is 281 Å². The van der Waals surface area contributed by atoms with Crippen LogP contribution in [-0.2, 0) is 20.2 Å². The summed E-state index contributed by atoms with van der Waals surface area (Å²) in [7, 11) is -8.75. The van der Waals surface area contributed by atoms with E-state index in [0.717, 1.165) is 54.1 Å². The molecule has 2 N–H and O–H groups in total. The Morgan fingerprint density at radius 2 is 0.686 bits per heavy atom. The SMILES string of the molecule is COc1ccc(SC(F)(F)C(F)(F)Sc2ccc(Oc3ccc(Oc4ccc(C(=O)c5ccc(C)cc5)cc4)cc3S(=O)(=O)[O-])cc2F)c(F)c1.Fc1ccc(SC(F)(F)C(F)(F)Sc2ccc(F)cc2F)c(F)c1.O=C(c1ccc(F)cc1)c1ccc(F)cc1.O=S(=O)([O-])c1cc(O)ccc1O.[K+].[K+]. The van der Waals surface area contributed by atoms with Crippen LogP contribution >= 0.6 is 47.0 Å². The standard InChI is InChI=1S/C35H24F6O7S3.C14H6F8S2.C13H8F2O.C6H6O5S.2K/c1-20-3-5-21(6-4-20)33(42)22-7-9-23(10-8-22)47-26-11-14-29(32(19-26)51(43,44)45)48-25-13-16-31(28(37)18-25)50-35(40,41)34(38,39)49-30-15-12-24(46-2)17-27(30)36;15-7-1-3-11(9(17)5-7)23-13(19,20)14(21,22)24-12-4-2-8(16)6-10(12)18;14-11-5-1-9(2-6-11)13(16)10-3-7-12(15)8-4-10;7-4-1-2-5(8)6(3-4)12(9,10)11;;/h3-19H,1-2H3,(H,43,44,45);1-6H;1-8H;1-3,7-8H,(H,9,10,11);;/q;;;;2*+1/p-2. The number of aryl methyl sites for hydroxylation is 1. The molecule has 0 unspecified atom stereocenters. The summed E-state index contributed by atoms with van der Waals surface area (Å²) < 4.78 is 304. The summed E-state index contributed by atoms with van der Waals surface area (Å²) in [6, 6.07) is 36.9. The fourth-order valence-electron chi connectivity index (χ4n) is 7.94. The van der Waals surface area contributed by atoms with E-state index in [1.54, 1.807) is 24.3 Å². The first-order chi connectivity index (χ1) is 48.0. The largest absolute Gasteiger partial charge is 1.00 e. The fraction of sp³-hybridized carbons (Fsp3) is 0.0882. The van der Waals surface area contributed by atoms with E-state index in [1.807, 2.05) is 6.92 Å². The molecule has 0 aliphatic carbocycles. The van der Waals surface area contributed by atoms with Crippen LogP contribution in [0.5, 0.6) is 40.2 Å². The predicted molar refractivity (Wildman–Crippen MR) is 345 cm³/mol. The molecule has 10 rings (SSSR count). The molecule has 0 amide bonds. The Labute approximate surface area is 688 Å². The maximum Gasteiger partial charge on any atom is 1.00 e. The number of benzene rings is 10. The van der Waals surface area contributed by atoms with Gasteiger partial charge in [0, 0.05) is 78.2 Å². The van der Waals surface area contributed by atoms with Gasteiger partial charge in [0.15, 0.2) is 11.6 Å². The summed E-state index contributed by atoms with van der Waals surface area (Å²) >= 11 is -3.23. The Balaban J connectivity index is 0.000000299. The number of alkyl halides is 8. The summed E-state index contributed by atoms with van der Waals surface area (Å²) in [5, 5.41) is -1.88. The van der Waals surface area contributed by atoms with Crippen molar-refractivity contribution in [1.29, 1.82) is 0 Å². The zero-order valence-corrected chi connectivity index (χ0v) is 64.7. The molecule has 0 aromatic heterocycles. The van der Waals surface area contributed by atoms with Gasteiger partial charge in [-0.25, -0.2) is 52.0 Å². The number of hydrogen-bond donors (Lipinski definition) is 2. The number of methoxy groups -OCH3 is 1. The third kappa shape index (κ3) is 25.5. The van der Waals surface area contributed by atoms with E-state index >= 15 is 0 Å². The van der Waals surface area contributed by atoms with Crippen molar-refractivity contribution >= 4 is 78.9 Å². The minimum atomic E-state index is -5.23. The first kappa shape index (κ1) is 89.5. The number of halogens is 16. The normalized spacial score (nSPS) is 11.5. The number of aromatic hydroxyl groups is 2. The molecule has 0 aliphatic rings. The van der Waals surface area contributed by atoms with Crippen molar-refractivity contribution in [3.63, 3.8) is 0 Å².